The SMILES string of the molecule is CCCCCCCCCCCc1cc(C(=O)O)n(F)n1. The average molecular weight is 284 g/mol. The van der Waals surface area contributed by atoms with E-state index in [4.69, 9.17) is 5.11 Å². The number of halogens is 1. The van der Waals surface area contributed by atoms with Crippen LogP contribution in [0, 0.1) is 0 Å². The summed E-state index contributed by atoms with van der Waals surface area (Å²) in [6.07, 6.45) is 11.7. The first-order chi connectivity index (χ1) is 9.65. The number of rotatable bonds is 11. The summed E-state index contributed by atoms with van der Waals surface area (Å²) in [6, 6.07) is 1.31. The van der Waals surface area contributed by atoms with Crippen LogP contribution in [0.1, 0.15) is 80.9 Å². The van der Waals surface area contributed by atoms with E-state index < -0.39 is 11.7 Å². The van der Waals surface area contributed by atoms with E-state index in [1.807, 2.05) is 0 Å². The summed E-state index contributed by atoms with van der Waals surface area (Å²) in [4.78, 5) is 10.6. The van der Waals surface area contributed by atoms with Crippen molar-refractivity contribution in [3.05, 3.63) is 17.5 Å². The van der Waals surface area contributed by atoms with Crippen molar-refractivity contribution in [2.75, 3.05) is 0 Å². The number of carbonyl (C=O) groups is 1. The number of aromatic nitrogens is 2. The zero-order valence-corrected chi connectivity index (χ0v) is 12.3. The lowest BCUT2D eigenvalue weighted by atomic mass is 10.1. The van der Waals surface area contributed by atoms with Gasteiger partial charge < -0.3 is 5.11 Å². The molecule has 0 aliphatic rings. The molecule has 0 amide bonds. The molecule has 0 atom stereocenters. The van der Waals surface area contributed by atoms with Crippen LogP contribution >= 0.6 is 0 Å². The van der Waals surface area contributed by atoms with E-state index in [1.165, 1.54) is 51.0 Å². The van der Waals surface area contributed by atoms with Crippen LogP contribution in [0.3, 0.4) is 0 Å². The molecule has 0 saturated heterocycles. The number of hydrogen-bond acceptors (Lipinski definition) is 2. The van der Waals surface area contributed by atoms with Crippen LogP contribution in [-0.2, 0) is 6.42 Å². The van der Waals surface area contributed by atoms with Crippen LogP contribution < -0.4 is 0 Å². The molecule has 0 spiro atoms. The number of aryl methyl sites for hydroxylation is 1. The molecule has 1 aromatic rings. The Balaban J connectivity index is 2.07. The minimum atomic E-state index is -1.28. The van der Waals surface area contributed by atoms with Crippen molar-refractivity contribution in [2.45, 2.75) is 71.1 Å². The van der Waals surface area contributed by atoms with Gasteiger partial charge in [-0.05, 0) is 18.9 Å². The van der Waals surface area contributed by atoms with Gasteiger partial charge >= 0.3 is 5.97 Å². The van der Waals surface area contributed by atoms with Crippen LogP contribution in [0.25, 0.3) is 0 Å². The molecule has 1 aromatic heterocycles. The van der Waals surface area contributed by atoms with E-state index in [9.17, 15) is 9.28 Å². The van der Waals surface area contributed by atoms with Crippen LogP contribution in [-0.4, -0.2) is 21.1 Å². The monoisotopic (exact) mass is 284 g/mol. The first-order valence-electron chi connectivity index (χ1n) is 7.63. The molecule has 0 bridgehead atoms. The van der Waals surface area contributed by atoms with Gasteiger partial charge in [-0.15, -0.1) is 5.10 Å². The Morgan fingerprint density at radius 2 is 1.70 bits per heavy atom. The molecule has 0 radical (unpaired) electrons. The maximum Gasteiger partial charge on any atom is 0.357 e. The van der Waals surface area contributed by atoms with Crippen molar-refractivity contribution >= 4 is 5.97 Å². The molecule has 0 aromatic carbocycles. The molecule has 20 heavy (non-hydrogen) atoms. The lowest BCUT2D eigenvalue weighted by Gasteiger charge is -2.01. The van der Waals surface area contributed by atoms with Crippen molar-refractivity contribution < 1.29 is 14.4 Å². The molecule has 5 heteroatoms. The predicted molar refractivity (Wildman–Crippen MR) is 76.6 cm³/mol. The zero-order chi connectivity index (χ0) is 14.8. The maximum absolute atomic E-state index is 13.1. The second-order valence-corrected chi connectivity index (χ2v) is 5.26. The first-order valence-corrected chi connectivity index (χ1v) is 7.63. The summed E-state index contributed by atoms with van der Waals surface area (Å²) >= 11 is 0. The number of unbranched alkanes of at least 4 members (excludes halogenated alkanes) is 8. The van der Waals surface area contributed by atoms with Crippen molar-refractivity contribution in [1.82, 2.24) is 10.0 Å². The third-order valence-corrected chi connectivity index (χ3v) is 3.47. The third kappa shape index (κ3) is 6.17. The minimum Gasteiger partial charge on any atom is -0.476 e. The Kier molecular flexibility index (Phi) is 7.92. The lowest BCUT2D eigenvalue weighted by Crippen LogP contribution is -2.01. The van der Waals surface area contributed by atoms with Gasteiger partial charge in [0.05, 0.1) is 5.69 Å². The molecule has 0 aliphatic heterocycles. The number of carboxylic acids is 1. The third-order valence-electron chi connectivity index (χ3n) is 3.47. The van der Waals surface area contributed by atoms with Gasteiger partial charge in [0.1, 0.15) is 0 Å². The van der Waals surface area contributed by atoms with E-state index >= 15 is 0 Å². The van der Waals surface area contributed by atoms with E-state index in [0.29, 0.717) is 12.1 Å². The van der Waals surface area contributed by atoms with Crippen molar-refractivity contribution in [2.24, 2.45) is 0 Å². The summed E-state index contributed by atoms with van der Waals surface area (Å²) in [7, 11) is 0. The van der Waals surface area contributed by atoms with E-state index in [2.05, 4.69) is 12.0 Å². The Hall–Kier alpha value is -1.39. The van der Waals surface area contributed by atoms with Gasteiger partial charge in [0.25, 0.3) is 0 Å². The highest BCUT2D eigenvalue weighted by atomic mass is 19.2. The van der Waals surface area contributed by atoms with E-state index in [-0.39, 0.29) is 4.90 Å². The summed E-state index contributed by atoms with van der Waals surface area (Å²) in [5.41, 5.74) is 0.128. The average Bonchev–Trinajstić information content (AvgIpc) is 2.78. The fraction of sp³-hybridized carbons (Fsp3) is 0.733. The Morgan fingerprint density at radius 3 is 2.20 bits per heavy atom. The molecule has 114 valence electrons. The summed E-state index contributed by atoms with van der Waals surface area (Å²) < 4.78 is 13.1. The van der Waals surface area contributed by atoms with Crippen LogP contribution in [0.2, 0.25) is 0 Å². The molecular weight excluding hydrogens is 259 g/mol. The number of hydrogen-bond donors (Lipinski definition) is 1. The Bertz CT molecular complexity index is 405. The van der Waals surface area contributed by atoms with Gasteiger partial charge in [0.2, 0.25) is 0 Å². The highest BCUT2D eigenvalue weighted by Gasteiger charge is 2.13. The van der Waals surface area contributed by atoms with E-state index in [0.717, 1.165) is 12.8 Å². The summed E-state index contributed by atoms with van der Waals surface area (Å²) in [5, 5.41) is 12.3. The molecule has 4 nitrogen and oxygen atoms in total. The van der Waals surface area contributed by atoms with Crippen molar-refractivity contribution in [3.8, 4) is 0 Å². The maximum atomic E-state index is 13.1. The smallest absolute Gasteiger partial charge is 0.357 e. The molecule has 1 heterocycles. The molecule has 0 saturated carbocycles. The fourth-order valence-electron chi connectivity index (χ4n) is 2.29. The predicted octanol–water partition coefficient (Wildman–Crippen LogP) is 4.39. The van der Waals surface area contributed by atoms with Crippen LogP contribution in [0.4, 0.5) is 4.48 Å². The molecule has 0 unspecified atom stereocenters. The molecule has 1 N–H and O–H groups in total. The normalized spacial score (nSPS) is 10.9. The number of carboxylic acid groups (broad SMARTS) is 1. The van der Waals surface area contributed by atoms with Crippen LogP contribution in [0.15, 0.2) is 6.07 Å². The molecule has 0 aliphatic carbocycles. The standard InChI is InChI=1S/C15H25FN2O2/c1-2-3-4-5-6-7-8-9-10-11-13-12-14(15(19)20)18(16)17-13/h12H,2-11H2,1H3,(H,19,20). The van der Waals surface area contributed by atoms with E-state index in [1.54, 1.807) is 0 Å². The Morgan fingerprint density at radius 1 is 1.15 bits per heavy atom. The lowest BCUT2D eigenvalue weighted by molar-refractivity contribution is 0.0667. The zero-order valence-electron chi connectivity index (χ0n) is 12.3. The minimum absolute atomic E-state index is 0.0502. The largest absolute Gasteiger partial charge is 0.476 e. The van der Waals surface area contributed by atoms with Gasteiger partial charge in [-0.1, -0.05) is 67.7 Å². The molecular formula is C15H25FN2O2. The van der Waals surface area contributed by atoms with Crippen molar-refractivity contribution in [1.29, 1.82) is 0 Å². The second kappa shape index (κ2) is 9.50. The Labute approximate surface area is 119 Å². The summed E-state index contributed by atoms with van der Waals surface area (Å²) in [5.74, 6) is -1.28. The second-order valence-electron chi connectivity index (χ2n) is 5.26. The number of aromatic carboxylic acids is 1. The highest BCUT2D eigenvalue weighted by Crippen LogP contribution is 2.12. The summed E-state index contributed by atoms with van der Waals surface area (Å²) in [6.45, 7) is 2.22. The topological polar surface area (TPSA) is 55.1 Å². The fourth-order valence-corrected chi connectivity index (χ4v) is 2.29. The van der Waals surface area contributed by atoms with Gasteiger partial charge in [0, 0.05) is 0 Å². The van der Waals surface area contributed by atoms with Gasteiger partial charge in [-0.3, -0.25) is 0 Å². The molecule has 1 rings (SSSR count). The highest BCUT2D eigenvalue weighted by molar-refractivity contribution is 5.85. The molecule has 0 fully saturated rings. The van der Waals surface area contributed by atoms with Gasteiger partial charge in [-0.25, -0.2) is 4.79 Å². The number of nitrogens with zero attached hydrogens (tertiary/aromatic N) is 2. The quantitative estimate of drug-likeness (QED) is 0.613. The first kappa shape index (κ1) is 16.7. The van der Waals surface area contributed by atoms with Crippen LogP contribution in [0.5, 0.6) is 0 Å². The van der Waals surface area contributed by atoms with Gasteiger partial charge in [0.15, 0.2) is 5.69 Å². The van der Waals surface area contributed by atoms with Crippen molar-refractivity contribution in [3.63, 3.8) is 0 Å². The van der Waals surface area contributed by atoms with Gasteiger partial charge in [-0.2, -0.15) is 0 Å².